The van der Waals surface area contributed by atoms with E-state index in [0.717, 1.165) is 0 Å². The van der Waals surface area contributed by atoms with Crippen LogP contribution in [0.4, 0.5) is 0 Å². The van der Waals surface area contributed by atoms with Crippen LogP contribution in [0.2, 0.25) is 0 Å². The Kier molecular flexibility index (Phi) is 4.43. The third kappa shape index (κ3) is 5.79. The summed E-state index contributed by atoms with van der Waals surface area (Å²) in [4.78, 5) is 20.1. The summed E-state index contributed by atoms with van der Waals surface area (Å²) < 4.78 is 4.93. The second-order valence-corrected chi connectivity index (χ2v) is 3.10. The van der Waals surface area contributed by atoms with Crippen LogP contribution in [-0.4, -0.2) is 29.8 Å². The summed E-state index contributed by atoms with van der Waals surface area (Å²) >= 11 is 0. The van der Waals surface area contributed by atoms with Crippen LogP contribution in [0, 0.1) is 4.91 Å². The molecule has 0 atom stereocenters. The van der Waals surface area contributed by atoms with E-state index in [4.69, 9.17) is 9.84 Å². The molecule has 0 aliphatic carbocycles. The highest BCUT2D eigenvalue weighted by Crippen LogP contribution is 2.07. The molecule has 0 fully saturated rings. The van der Waals surface area contributed by atoms with Gasteiger partial charge in [-0.2, -0.15) is 4.91 Å². The number of hydrogen-bond acceptors (Lipinski definition) is 4. The lowest BCUT2D eigenvalue weighted by atomic mass is 10.1. The number of nitroso groups, excluding NO2 is 1. The van der Waals surface area contributed by atoms with Crippen molar-refractivity contribution in [2.24, 2.45) is 5.18 Å². The monoisotopic (exact) mass is 175 g/mol. The van der Waals surface area contributed by atoms with E-state index in [2.05, 4.69) is 5.18 Å². The molecule has 1 N–H and O–H groups in total. The summed E-state index contributed by atoms with van der Waals surface area (Å²) in [6.45, 7) is 3.53. The maximum Gasteiger partial charge on any atom is 0.305 e. The summed E-state index contributed by atoms with van der Waals surface area (Å²) in [5.41, 5.74) is -0.765. The quantitative estimate of drug-likeness (QED) is 0.483. The van der Waals surface area contributed by atoms with Crippen molar-refractivity contribution in [3.63, 3.8) is 0 Å². The maximum absolute atomic E-state index is 10.1. The first kappa shape index (κ1) is 11.0. The van der Waals surface area contributed by atoms with E-state index in [9.17, 15) is 9.70 Å². The molecule has 0 saturated heterocycles. The predicted octanol–water partition coefficient (Wildman–Crippen LogP) is 1.02. The molecule has 5 heteroatoms. The van der Waals surface area contributed by atoms with Crippen LogP contribution in [0.25, 0.3) is 0 Å². The molecule has 0 rings (SSSR count). The van der Waals surface area contributed by atoms with E-state index in [1.807, 2.05) is 0 Å². The average molecular weight is 175 g/mol. The fraction of sp³-hybridized carbons (Fsp3) is 0.857. The number of hydrogen-bond donors (Lipinski definition) is 1. The number of ether oxygens (including phenoxy) is 1. The van der Waals surface area contributed by atoms with Crippen molar-refractivity contribution in [2.75, 3.05) is 13.2 Å². The molecule has 0 aliphatic rings. The SMILES string of the molecule is CC(C)(COCCC(=O)O)N=O. The summed E-state index contributed by atoms with van der Waals surface area (Å²) in [6, 6.07) is 0. The standard InChI is InChI=1S/C7H13NO4/c1-7(2,8-11)5-12-4-3-6(9)10/h3-5H2,1-2H3,(H,9,10). The molecular weight excluding hydrogens is 162 g/mol. The minimum absolute atomic E-state index is 0.0467. The number of rotatable bonds is 6. The zero-order chi connectivity index (χ0) is 9.61. The minimum Gasteiger partial charge on any atom is -0.481 e. The third-order valence-electron chi connectivity index (χ3n) is 1.16. The smallest absolute Gasteiger partial charge is 0.305 e. The molecule has 0 aromatic carbocycles. The molecule has 5 nitrogen and oxygen atoms in total. The molecule has 0 radical (unpaired) electrons. The van der Waals surface area contributed by atoms with E-state index in [1.165, 1.54) is 0 Å². The van der Waals surface area contributed by atoms with Gasteiger partial charge in [0.2, 0.25) is 0 Å². The topological polar surface area (TPSA) is 76.0 Å². The van der Waals surface area contributed by atoms with Gasteiger partial charge in [0, 0.05) is 0 Å². The van der Waals surface area contributed by atoms with Gasteiger partial charge < -0.3 is 9.84 Å². The van der Waals surface area contributed by atoms with Crippen molar-refractivity contribution < 1.29 is 14.6 Å². The Morgan fingerprint density at radius 1 is 1.58 bits per heavy atom. The van der Waals surface area contributed by atoms with Gasteiger partial charge in [-0.05, 0) is 13.8 Å². The van der Waals surface area contributed by atoms with Crippen LogP contribution < -0.4 is 0 Å². The Balaban J connectivity index is 3.43. The zero-order valence-corrected chi connectivity index (χ0v) is 7.24. The van der Waals surface area contributed by atoms with Crippen molar-refractivity contribution in [3.8, 4) is 0 Å². The van der Waals surface area contributed by atoms with Gasteiger partial charge in [0.1, 0.15) is 5.54 Å². The largest absolute Gasteiger partial charge is 0.481 e. The maximum atomic E-state index is 10.1. The molecule has 0 unspecified atom stereocenters. The molecule has 12 heavy (non-hydrogen) atoms. The predicted molar refractivity (Wildman–Crippen MR) is 42.9 cm³/mol. The number of carboxylic acids is 1. The molecule has 0 saturated carbocycles. The van der Waals surface area contributed by atoms with Crippen LogP contribution in [0.1, 0.15) is 20.3 Å². The van der Waals surface area contributed by atoms with E-state index in [1.54, 1.807) is 13.8 Å². The molecule has 0 amide bonds. The lowest BCUT2D eigenvalue weighted by Gasteiger charge is -2.14. The van der Waals surface area contributed by atoms with E-state index < -0.39 is 11.5 Å². The highest BCUT2D eigenvalue weighted by molar-refractivity contribution is 5.66. The number of carbonyl (C=O) groups is 1. The van der Waals surface area contributed by atoms with Gasteiger partial charge in [-0.3, -0.25) is 4.79 Å². The Morgan fingerprint density at radius 3 is 2.58 bits per heavy atom. The number of carboxylic acid groups (broad SMARTS) is 1. The van der Waals surface area contributed by atoms with Gasteiger partial charge >= 0.3 is 5.97 Å². The molecule has 0 heterocycles. The Morgan fingerprint density at radius 2 is 2.17 bits per heavy atom. The Bertz CT molecular complexity index is 167. The fourth-order valence-corrected chi connectivity index (χ4v) is 0.508. The van der Waals surface area contributed by atoms with Crippen LogP contribution in [-0.2, 0) is 9.53 Å². The van der Waals surface area contributed by atoms with Gasteiger partial charge in [-0.1, -0.05) is 5.18 Å². The molecule has 0 spiro atoms. The van der Waals surface area contributed by atoms with E-state index >= 15 is 0 Å². The normalized spacial score (nSPS) is 11.2. The highest BCUT2D eigenvalue weighted by Gasteiger charge is 2.18. The summed E-state index contributed by atoms with van der Waals surface area (Å²) in [5, 5.41) is 11.0. The highest BCUT2D eigenvalue weighted by atomic mass is 16.5. The third-order valence-corrected chi connectivity index (χ3v) is 1.16. The molecular formula is C7H13NO4. The van der Waals surface area contributed by atoms with Crippen LogP contribution in [0.5, 0.6) is 0 Å². The van der Waals surface area contributed by atoms with Crippen molar-refractivity contribution in [2.45, 2.75) is 25.8 Å². The van der Waals surface area contributed by atoms with Crippen LogP contribution in [0.3, 0.4) is 0 Å². The zero-order valence-electron chi connectivity index (χ0n) is 7.24. The second kappa shape index (κ2) is 4.82. The molecule has 0 aromatic rings. The first-order chi connectivity index (χ1) is 5.48. The molecule has 0 aliphatic heterocycles. The van der Waals surface area contributed by atoms with Crippen molar-refractivity contribution in [1.29, 1.82) is 0 Å². The molecule has 70 valence electrons. The second-order valence-electron chi connectivity index (χ2n) is 3.10. The van der Waals surface area contributed by atoms with Crippen molar-refractivity contribution in [3.05, 3.63) is 4.91 Å². The lowest BCUT2D eigenvalue weighted by Crippen LogP contribution is -2.24. The molecule has 0 bridgehead atoms. The van der Waals surface area contributed by atoms with Crippen LogP contribution in [0.15, 0.2) is 5.18 Å². The Labute approximate surface area is 70.7 Å². The van der Waals surface area contributed by atoms with Crippen molar-refractivity contribution >= 4 is 5.97 Å². The average Bonchev–Trinajstić information content (AvgIpc) is 1.98. The van der Waals surface area contributed by atoms with E-state index in [0.29, 0.717) is 0 Å². The van der Waals surface area contributed by atoms with Crippen molar-refractivity contribution in [1.82, 2.24) is 0 Å². The molecule has 0 aromatic heterocycles. The van der Waals surface area contributed by atoms with Gasteiger partial charge in [-0.15, -0.1) is 0 Å². The summed E-state index contributed by atoms with van der Waals surface area (Å²) in [6.07, 6.45) is -0.0467. The number of aliphatic carboxylic acids is 1. The fourth-order valence-electron chi connectivity index (χ4n) is 0.508. The van der Waals surface area contributed by atoms with E-state index in [-0.39, 0.29) is 19.6 Å². The number of nitrogens with zero attached hydrogens (tertiary/aromatic N) is 1. The van der Waals surface area contributed by atoms with Gasteiger partial charge in [0.15, 0.2) is 0 Å². The lowest BCUT2D eigenvalue weighted by molar-refractivity contribution is -0.138. The van der Waals surface area contributed by atoms with Gasteiger partial charge in [0.25, 0.3) is 0 Å². The van der Waals surface area contributed by atoms with Gasteiger partial charge in [-0.25, -0.2) is 0 Å². The Hall–Kier alpha value is -0.970. The first-order valence-corrected chi connectivity index (χ1v) is 3.62. The summed E-state index contributed by atoms with van der Waals surface area (Å²) in [5.74, 6) is -0.910. The van der Waals surface area contributed by atoms with Gasteiger partial charge in [0.05, 0.1) is 19.6 Å². The first-order valence-electron chi connectivity index (χ1n) is 3.62. The minimum atomic E-state index is -0.910. The summed E-state index contributed by atoms with van der Waals surface area (Å²) in [7, 11) is 0. The van der Waals surface area contributed by atoms with Crippen LogP contribution >= 0.6 is 0 Å².